The summed E-state index contributed by atoms with van der Waals surface area (Å²) in [6.07, 6.45) is 0. The van der Waals surface area contributed by atoms with Gasteiger partial charge in [0.1, 0.15) is 14.2 Å². The van der Waals surface area contributed by atoms with Gasteiger partial charge in [-0.2, -0.15) is 0 Å². The summed E-state index contributed by atoms with van der Waals surface area (Å²) < 4.78 is 0. The molecule has 0 radical (unpaired) electrons. The first-order chi connectivity index (χ1) is 11.6. The van der Waals surface area contributed by atoms with Crippen LogP contribution in [0.4, 0.5) is 0 Å². The second kappa shape index (κ2) is 7.16. The molecule has 120 valence electrons. The molecule has 3 aromatic carbocycles. The second-order valence-corrected chi connectivity index (χ2v) is 8.40. The first kappa shape index (κ1) is 16.7. The lowest BCUT2D eigenvalue weighted by atomic mass is 10.1. The van der Waals surface area contributed by atoms with Crippen LogP contribution in [0.25, 0.3) is 0 Å². The molecule has 0 aliphatic rings. The standard InChI is InChI=1S/C23H24P/c1-17-15-18(2)22(19(3)16-17)24(4)23(20-11-7-5-8-12-20)21-13-9-6-10-14-21/h5-16H,1-4H3/q+1. The number of hydrogen-bond donors (Lipinski definition) is 0. The summed E-state index contributed by atoms with van der Waals surface area (Å²) in [6.45, 7) is 9.08. The molecule has 3 rings (SSSR count). The van der Waals surface area contributed by atoms with Gasteiger partial charge in [0.05, 0.1) is 0 Å². The molecule has 0 saturated carbocycles. The van der Waals surface area contributed by atoms with Gasteiger partial charge in [-0.1, -0.05) is 78.4 Å². The lowest BCUT2D eigenvalue weighted by Crippen LogP contribution is -2.13. The van der Waals surface area contributed by atoms with Crippen molar-refractivity contribution in [3.05, 3.63) is 101 Å². The molecule has 0 spiro atoms. The summed E-state index contributed by atoms with van der Waals surface area (Å²) in [4.78, 5) is 0. The van der Waals surface area contributed by atoms with Gasteiger partial charge in [-0.15, -0.1) is 0 Å². The van der Waals surface area contributed by atoms with Gasteiger partial charge in [-0.25, -0.2) is 0 Å². The topological polar surface area (TPSA) is 0 Å². The maximum atomic E-state index is 2.40. The van der Waals surface area contributed by atoms with E-state index < -0.39 is 7.55 Å². The van der Waals surface area contributed by atoms with Crippen LogP contribution < -0.4 is 5.30 Å². The zero-order chi connectivity index (χ0) is 17.1. The molecule has 0 fully saturated rings. The van der Waals surface area contributed by atoms with Crippen molar-refractivity contribution in [2.45, 2.75) is 20.8 Å². The molecule has 1 unspecified atom stereocenters. The molecule has 3 aromatic rings. The van der Waals surface area contributed by atoms with E-state index in [4.69, 9.17) is 0 Å². The van der Waals surface area contributed by atoms with E-state index in [-0.39, 0.29) is 0 Å². The molecular formula is C23H24P+. The average Bonchev–Trinajstić information content (AvgIpc) is 2.56. The summed E-state index contributed by atoms with van der Waals surface area (Å²) in [5, 5.41) is 2.97. The van der Waals surface area contributed by atoms with Crippen LogP contribution >= 0.6 is 7.55 Å². The molecule has 0 aliphatic heterocycles. The van der Waals surface area contributed by atoms with E-state index in [9.17, 15) is 0 Å². The van der Waals surface area contributed by atoms with Gasteiger partial charge >= 0.3 is 0 Å². The van der Waals surface area contributed by atoms with E-state index in [2.05, 4.69) is 100 Å². The van der Waals surface area contributed by atoms with E-state index >= 15 is 0 Å². The lowest BCUT2D eigenvalue weighted by molar-refractivity contribution is 1.36. The summed E-state index contributed by atoms with van der Waals surface area (Å²) >= 11 is 0. The highest BCUT2D eigenvalue weighted by atomic mass is 31.1. The van der Waals surface area contributed by atoms with Gasteiger partial charge in [0.25, 0.3) is 0 Å². The fraction of sp³-hybridized carbons (Fsp3) is 0.174. The molecule has 0 aromatic heterocycles. The van der Waals surface area contributed by atoms with E-state index in [1.165, 1.54) is 38.4 Å². The van der Waals surface area contributed by atoms with Crippen molar-refractivity contribution in [2.24, 2.45) is 0 Å². The Bertz CT molecular complexity index is 810. The van der Waals surface area contributed by atoms with Gasteiger partial charge in [0, 0.05) is 11.1 Å². The lowest BCUT2D eigenvalue weighted by Gasteiger charge is -2.09. The molecular weight excluding hydrogens is 307 g/mol. The Morgan fingerprint density at radius 2 is 1.08 bits per heavy atom. The van der Waals surface area contributed by atoms with E-state index in [1.807, 2.05) is 0 Å². The van der Waals surface area contributed by atoms with Crippen molar-refractivity contribution in [3.63, 3.8) is 0 Å². The monoisotopic (exact) mass is 331 g/mol. The third-order valence-corrected chi connectivity index (χ3v) is 6.96. The first-order valence-corrected chi connectivity index (χ1v) is 10.2. The fourth-order valence-electron chi connectivity index (χ4n) is 3.56. The molecule has 0 N–H and O–H groups in total. The summed E-state index contributed by atoms with van der Waals surface area (Å²) in [7, 11) is -0.429. The largest absolute Gasteiger partial charge is 0.163 e. The van der Waals surface area contributed by atoms with Crippen LogP contribution in [0.15, 0.2) is 72.8 Å². The molecule has 1 atom stereocenters. The van der Waals surface area contributed by atoms with Crippen molar-refractivity contribution in [3.8, 4) is 0 Å². The Kier molecular flexibility index (Phi) is 4.97. The highest BCUT2D eigenvalue weighted by Crippen LogP contribution is 2.30. The Hall–Kier alpha value is -2.17. The van der Waals surface area contributed by atoms with Crippen molar-refractivity contribution >= 4 is 18.1 Å². The molecule has 0 amide bonds. The first-order valence-electron chi connectivity index (χ1n) is 8.37. The minimum absolute atomic E-state index is 0.429. The highest BCUT2D eigenvalue weighted by molar-refractivity contribution is 7.67. The van der Waals surface area contributed by atoms with Gasteiger partial charge in [0.2, 0.25) is 0 Å². The third kappa shape index (κ3) is 3.35. The van der Waals surface area contributed by atoms with Crippen molar-refractivity contribution in [1.29, 1.82) is 0 Å². The molecule has 0 bridgehead atoms. The van der Waals surface area contributed by atoms with Crippen molar-refractivity contribution in [1.82, 2.24) is 0 Å². The van der Waals surface area contributed by atoms with Crippen LogP contribution in [-0.4, -0.2) is 12.0 Å². The maximum Gasteiger partial charge on any atom is 0.163 e. The Labute approximate surface area is 146 Å². The average molecular weight is 331 g/mol. The van der Waals surface area contributed by atoms with Gasteiger partial charge in [-0.3, -0.25) is 0 Å². The number of rotatable bonds is 3. The van der Waals surface area contributed by atoms with Crippen LogP contribution in [0, 0.1) is 20.8 Å². The molecule has 0 aliphatic carbocycles. The van der Waals surface area contributed by atoms with Gasteiger partial charge in [0.15, 0.2) is 10.6 Å². The van der Waals surface area contributed by atoms with Crippen molar-refractivity contribution in [2.75, 3.05) is 6.66 Å². The van der Waals surface area contributed by atoms with Crippen LogP contribution in [0.2, 0.25) is 0 Å². The predicted octanol–water partition coefficient (Wildman–Crippen LogP) is 5.62. The molecule has 0 saturated heterocycles. The zero-order valence-corrected chi connectivity index (χ0v) is 15.8. The molecule has 0 heterocycles. The smallest absolute Gasteiger partial charge is 0.0622 e. The normalized spacial score (nSPS) is 11.2. The minimum atomic E-state index is -0.429. The number of benzene rings is 3. The van der Waals surface area contributed by atoms with Crippen LogP contribution in [0.1, 0.15) is 27.8 Å². The molecule has 24 heavy (non-hydrogen) atoms. The van der Waals surface area contributed by atoms with E-state index in [0.717, 1.165) is 0 Å². The van der Waals surface area contributed by atoms with E-state index in [1.54, 1.807) is 0 Å². The van der Waals surface area contributed by atoms with E-state index in [0.29, 0.717) is 0 Å². The van der Waals surface area contributed by atoms with Crippen LogP contribution in [-0.2, 0) is 0 Å². The zero-order valence-electron chi connectivity index (χ0n) is 14.9. The number of hydrogen-bond acceptors (Lipinski definition) is 0. The Morgan fingerprint density at radius 3 is 1.50 bits per heavy atom. The van der Waals surface area contributed by atoms with Gasteiger partial charge in [-0.05, 0) is 31.9 Å². The molecule has 1 heteroatoms. The van der Waals surface area contributed by atoms with Gasteiger partial charge < -0.3 is 0 Å². The third-order valence-electron chi connectivity index (χ3n) is 4.40. The van der Waals surface area contributed by atoms with Crippen LogP contribution in [0.3, 0.4) is 0 Å². The summed E-state index contributed by atoms with van der Waals surface area (Å²) in [5.74, 6) is 0. The Morgan fingerprint density at radius 1 is 0.667 bits per heavy atom. The van der Waals surface area contributed by atoms with Crippen molar-refractivity contribution < 1.29 is 0 Å². The summed E-state index contributed by atoms with van der Waals surface area (Å²) in [5.41, 5.74) is 6.82. The fourth-order valence-corrected chi connectivity index (χ4v) is 6.04. The Balaban J connectivity index is 2.31. The second-order valence-electron chi connectivity index (χ2n) is 6.39. The van der Waals surface area contributed by atoms with Crippen LogP contribution in [0.5, 0.6) is 0 Å². The predicted molar refractivity (Wildman–Crippen MR) is 109 cm³/mol. The highest BCUT2D eigenvalue weighted by Gasteiger charge is 2.24. The summed E-state index contributed by atoms with van der Waals surface area (Å²) in [6, 6.07) is 26.3. The molecule has 0 nitrogen and oxygen atoms in total. The number of aryl methyl sites for hydroxylation is 3. The minimum Gasteiger partial charge on any atom is -0.0622 e. The SMILES string of the molecule is Cc1cc(C)c([P+](C)=C(c2ccccc2)c2ccccc2)c(C)c1. The quantitative estimate of drug-likeness (QED) is 0.547. The maximum absolute atomic E-state index is 2.40.